The fourth-order valence-corrected chi connectivity index (χ4v) is 5.31. The lowest BCUT2D eigenvalue weighted by Crippen LogP contribution is -2.51. The monoisotopic (exact) mass is 369 g/mol. The quantitative estimate of drug-likeness (QED) is 0.805. The number of carbonyl (C=O) groups excluding carboxylic acids is 1. The summed E-state index contributed by atoms with van der Waals surface area (Å²) in [5, 5.41) is 0. The van der Waals surface area contributed by atoms with E-state index in [1.807, 2.05) is 11.8 Å². The van der Waals surface area contributed by atoms with Crippen LogP contribution in [0.4, 0.5) is 9.18 Å². The molecule has 2 aliphatic rings. The number of hydrogen-bond acceptors (Lipinski definition) is 3. The maximum absolute atomic E-state index is 13.1. The van der Waals surface area contributed by atoms with Crippen molar-refractivity contribution in [3.8, 4) is 0 Å². The topological polar surface area (TPSA) is 60.9 Å². The van der Waals surface area contributed by atoms with Gasteiger partial charge in [0, 0.05) is 25.7 Å². The molecule has 0 spiro atoms. The van der Waals surface area contributed by atoms with Crippen molar-refractivity contribution in [3.63, 3.8) is 0 Å². The maximum atomic E-state index is 13.1. The molecule has 2 saturated heterocycles. The number of piperidine rings is 1. The number of halogens is 1. The van der Waals surface area contributed by atoms with E-state index in [4.69, 9.17) is 0 Å². The first-order valence-corrected chi connectivity index (χ1v) is 10.1. The summed E-state index contributed by atoms with van der Waals surface area (Å²) in [6.45, 7) is 5.27. The number of rotatable bonds is 2. The van der Waals surface area contributed by atoms with E-state index in [2.05, 4.69) is 0 Å². The molecule has 2 aliphatic heterocycles. The standard InChI is InChI=1S/C17H24FN3O3S/c1-13-12-20(25(23,24)16-8-6-15(18)7-9-16)14(2)21(13)17(22)19-10-4-3-5-11-19/h6-9,13-14H,3-5,10-12H2,1-2H3. The van der Waals surface area contributed by atoms with Gasteiger partial charge in [-0.2, -0.15) is 4.31 Å². The Labute approximate surface area is 148 Å². The zero-order chi connectivity index (χ0) is 18.2. The Morgan fingerprint density at radius 3 is 2.28 bits per heavy atom. The number of urea groups is 1. The minimum Gasteiger partial charge on any atom is -0.325 e. The SMILES string of the molecule is CC1CN(S(=O)(=O)c2ccc(F)cc2)C(C)N1C(=O)N1CCCCC1. The van der Waals surface area contributed by atoms with Crippen molar-refractivity contribution in [3.05, 3.63) is 30.1 Å². The molecule has 2 heterocycles. The molecule has 6 nitrogen and oxygen atoms in total. The van der Waals surface area contributed by atoms with Gasteiger partial charge in [-0.3, -0.25) is 0 Å². The lowest BCUT2D eigenvalue weighted by Gasteiger charge is -2.35. The normalized spacial score (nSPS) is 25.4. The Morgan fingerprint density at radius 1 is 1.08 bits per heavy atom. The first kappa shape index (κ1) is 18.1. The second-order valence-corrected chi connectivity index (χ2v) is 8.64. The summed E-state index contributed by atoms with van der Waals surface area (Å²) < 4.78 is 40.2. The maximum Gasteiger partial charge on any atom is 0.321 e. The summed E-state index contributed by atoms with van der Waals surface area (Å²) in [7, 11) is -3.78. The number of amides is 2. The predicted octanol–water partition coefficient (Wildman–Crippen LogP) is 2.47. The van der Waals surface area contributed by atoms with Crippen molar-refractivity contribution >= 4 is 16.1 Å². The summed E-state index contributed by atoms with van der Waals surface area (Å²) in [5.74, 6) is -0.483. The summed E-state index contributed by atoms with van der Waals surface area (Å²) in [4.78, 5) is 16.4. The van der Waals surface area contributed by atoms with Crippen molar-refractivity contribution < 1.29 is 17.6 Å². The smallest absolute Gasteiger partial charge is 0.321 e. The van der Waals surface area contributed by atoms with Gasteiger partial charge in [0.15, 0.2) is 0 Å². The van der Waals surface area contributed by atoms with Crippen LogP contribution < -0.4 is 0 Å². The second-order valence-electron chi connectivity index (χ2n) is 6.75. The van der Waals surface area contributed by atoms with Crippen LogP contribution in [0.3, 0.4) is 0 Å². The molecule has 2 fully saturated rings. The number of benzene rings is 1. The van der Waals surface area contributed by atoms with Crippen LogP contribution in [0, 0.1) is 5.82 Å². The number of sulfonamides is 1. The van der Waals surface area contributed by atoms with Gasteiger partial charge in [0.2, 0.25) is 10.0 Å². The van der Waals surface area contributed by atoms with E-state index in [0.29, 0.717) is 0 Å². The zero-order valence-corrected chi connectivity index (χ0v) is 15.4. The third-order valence-corrected chi connectivity index (χ3v) is 6.95. The Morgan fingerprint density at radius 2 is 1.68 bits per heavy atom. The molecule has 0 saturated carbocycles. The van der Waals surface area contributed by atoms with E-state index in [0.717, 1.165) is 44.5 Å². The molecule has 2 amide bonds. The number of hydrogen-bond donors (Lipinski definition) is 0. The Hall–Kier alpha value is -1.67. The lowest BCUT2D eigenvalue weighted by atomic mass is 10.1. The molecule has 0 bridgehead atoms. The van der Waals surface area contributed by atoms with Crippen LogP contribution in [-0.4, -0.2) is 60.4 Å². The molecule has 0 N–H and O–H groups in total. The summed E-state index contributed by atoms with van der Waals surface area (Å²) in [5.41, 5.74) is 0. The molecule has 0 aliphatic carbocycles. The average molecular weight is 369 g/mol. The third kappa shape index (κ3) is 3.37. The van der Waals surface area contributed by atoms with Crippen LogP contribution in [0.15, 0.2) is 29.2 Å². The van der Waals surface area contributed by atoms with Gasteiger partial charge < -0.3 is 9.80 Å². The van der Waals surface area contributed by atoms with Crippen LogP contribution in [0.2, 0.25) is 0 Å². The van der Waals surface area contributed by atoms with Crippen molar-refractivity contribution in [1.82, 2.24) is 14.1 Å². The highest BCUT2D eigenvalue weighted by atomic mass is 32.2. The first-order chi connectivity index (χ1) is 11.8. The Balaban J connectivity index is 1.82. The van der Waals surface area contributed by atoms with Crippen molar-refractivity contribution in [2.24, 2.45) is 0 Å². The van der Waals surface area contributed by atoms with E-state index < -0.39 is 22.0 Å². The molecule has 2 unspecified atom stereocenters. The Kier molecular flexibility index (Phi) is 5.02. The van der Waals surface area contributed by atoms with Gasteiger partial charge in [-0.1, -0.05) is 0 Å². The van der Waals surface area contributed by atoms with Gasteiger partial charge in [0.05, 0.1) is 11.1 Å². The fourth-order valence-electron chi connectivity index (χ4n) is 3.65. The predicted molar refractivity (Wildman–Crippen MR) is 91.9 cm³/mol. The van der Waals surface area contributed by atoms with Gasteiger partial charge in [0.25, 0.3) is 0 Å². The van der Waals surface area contributed by atoms with Crippen molar-refractivity contribution in [2.45, 2.75) is 50.2 Å². The lowest BCUT2D eigenvalue weighted by molar-refractivity contribution is 0.121. The number of carbonyl (C=O) groups is 1. The largest absolute Gasteiger partial charge is 0.325 e. The van der Waals surface area contributed by atoms with E-state index >= 15 is 0 Å². The van der Waals surface area contributed by atoms with Crippen LogP contribution in [0.5, 0.6) is 0 Å². The minimum absolute atomic E-state index is 0.0419. The first-order valence-electron chi connectivity index (χ1n) is 8.67. The van der Waals surface area contributed by atoms with Crippen LogP contribution in [-0.2, 0) is 10.0 Å². The molecule has 1 aromatic carbocycles. The molecule has 3 rings (SSSR count). The highest BCUT2D eigenvalue weighted by Gasteiger charge is 2.45. The van der Waals surface area contributed by atoms with E-state index in [-0.39, 0.29) is 23.5 Å². The number of nitrogens with zero attached hydrogens (tertiary/aromatic N) is 3. The molecular formula is C17H24FN3O3S. The zero-order valence-electron chi connectivity index (χ0n) is 14.6. The van der Waals surface area contributed by atoms with Crippen molar-refractivity contribution in [1.29, 1.82) is 0 Å². The highest BCUT2D eigenvalue weighted by Crippen LogP contribution is 2.29. The summed E-state index contributed by atoms with van der Waals surface area (Å²) >= 11 is 0. The molecule has 2 atom stereocenters. The highest BCUT2D eigenvalue weighted by molar-refractivity contribution is 7.89. The molecule has 8 heteroatoms. The van der Waals surface area contributed by atoms with Crippen LogP contribution in [0.25, 0.3) is 0 Å². The van der Waals surface area contributed by atoms with Gasteiger partial charge >= 0.3 is 6.03 Å². The van der Waals surface area contributed by atoms with Crippen LogP contribution in [0.1, 0.15) is 33.1 Å². The number of likely N-dealkylation sites (tertiary alicyclic amines) is 1. The second kappa shape index (κ2) is 6.92. The molecule has 138 valence electrons. The van der Waals surface area contributed by atoms with Gasteiger partial charge in [-0.25, -0.2) is 17.6 Å². The third-order valence-electron chi connectivity index (χ3n) is 5.01. The Bertz CT molecular complexity index is 732. The minimum atomic E-state index is -3.78. The van der Waals surface area contributed by atoms with Gasteiger partial charge in [-0.05, 0) is 57.4 Å². The fraction of sp³-hybridized carbons (Fsp3) is 0.588. The van der Waals surface area contributed by atoms with E-state index in [9.17, 15) is 17.6 Å². The van der Waals surface area contributed by atoms with Crippen LogP contribution >= 0.6 is 0 Å². The van der Waals surface area contributed by atoms with E-state index in [1.165, 1.54) is 16.4 Å². The molecule has 0 radical (unpaired) electrons. The molecule has 0 aromatic heterocycles. The summed E-state index contributed by atoms with van der Waals surface area (Å²) in [6, 6.07) is 4.48. The van der Waals surface area contributed by atoms with E-state index in [1.54, 1.807) is 11.8 Å². The van der Waals surface area contributed by atoms with Gasteiger partial charge in [0.1, 0.15) is 5.82 Å². The molecule has 25 heavy (non-hydrogen) atoms. The van der Waals surface area contributed by atoms with Crippen molar-refractivity contribution in [2.75, 3.05) is 19.6 Å². The average Bonchev–Trinajstić information content (AvgIpc) is 2.90. The molecule has 1 aromatic rings. The van der Waals surface area contributed by atoms with Gasteiger partial charge in [-0.15, -0.1) is 0 Å². The molecular weight excluding hydrogens is 345 g/mol. The summed E-state index contributed by atoms with van der Waals surface area (Å²) in [6.07, 6.45) is 2.53.